The van der Waals surface area contributed by atoms with Crippen molar-refractivity contribution in [3.05, 3.63) is 0 Å². The van der Waals surface area contributed by atoms with Crippen LogP contribution in [0.25, 0.3) is 0 Å². The molecular formula is C13H24N2O3. The van der Waals surface area contributed by atoms with Gasteiger partial charge in [0.05, 0.1) is 5.60 Å². The van der Waals surface area contributed by atoms with Crippen LogP contribution in [0.15, 0.2) is 0 Å². The topological polar surface area (TPSA) is 70.6 Å². The Morgan fingerprint density at radius 2 is 2.17 bits per heavy atom. The third kappa shape index (κ3) is 3.43. The summed E-state index contributed by atoms with van der Waals surface area (Å²) in [6, 6.07) is 0.118. The Bertz CT molecular complexity index is 292. The van der Waals surface area contributed by atoms with Gasteiger partial charge < -0.3 is 20.5 Å². The third-order valence-corrected chi connectivity index (χ3v) is 4.04. The van der Waals surface area contributed by atoms with Gasteiger partial charge in [0.25, 0.3) is 0 Å². The van der Waals surface area contributed by atoms with Crippen LogP contribution in [0.2, 0.25) is 0 Å². The summed E-state index contributed by atoms with van der Waals surface area (Å²) in [5, 5.41) is 15.4. The van der Waals surface area contributed by atoms with Crippen LogP contribution in [0.5, 0.6) is 0 Å². The molecule has 2 atom stereocenters. The summed E-state index contributed by atoms with van der Waals surface area (Å²) in [6.07, 6.45) is 4.25. The lowest BCUT2D eigenvalue weighted by Crippen LogP contribution is -2.60. The van der Waals surface area contributed by atoms with Crippen LogP contribution in [0.3, 0.4) is 0 Å². The zero-order chi connectivity index (χ0) is 13.0. The highest BCUT2D eigenvalue weighted by Crippen LogP contribution is 2.24. The van der Waals surface area contributed by atoms with Gasteiger partial charge in [0.1, 0.15) is 6.61 Å². The molecule has 5 nitrogen and oxygen atoms in total. The summed E-state index contributed by atoms with van der Waals surface area (Å²) in [5.74, 6) is 0.150. The Kier molecular flexibility index (Phi) is 4.59. The fourth-order valence-corrected chi connectivity index (χ4v) is 2.68. The number of ether oxygens (including phenoxy) is 1. The number of aliphatic hydroxyl groups is 1. The molecule has 0 spiro atoms. The lowest BCUT2D eigenvalue weighted by atomic mass is 9.85. The summed E-state index contributed by atoms with van der Waals surface area (Å²) in [7, 11) is 0. The van der Waals surface area contributed by atoms with E-state index in [2.05, 4.69) is 10.6 Å². The van der Waals surface area contributed by atoms with Crippen molar-refractivity contribution in [1.29, 1.82) is 0 Å². The Morgan fingerprint density at radius 3 is 2.78 bits per heavy atom. The van der Waals surface area contributed by atoms with Crippen molar-refractivity contribution in [2.45, 2.75) is 44.2 Å². The van der Waals surface area contributed by atoms with E-state index in [-0.39, 0.29) is 36.7 Å². The quantitative estimate of drug-likeness (QED) is 0.649. The maximum absolute atomic E-state index is 11.8. The second-order valence-electron chi connectivity index (χ2n) is 5.74. The summed E-state index contributed by atoms with van der Waals surface area (Å²) in [5.41, 5.74) is -0.180. The van der Waals surface area contributed by atoms with Crippen LogP contribution >= 0.6 is 0 Å². The van der Waals surface area contributed by atoms with Gasteiger partial charge in [-0.3, -0.25) is 4.79 Å². The number of aliphatic hydroxyl groups excluding tert-OH is 1. The van der Waals surface area contributed by atoms with E-state index in [1.54, 1.807) is 0 Å². The normalized spacial score (nSPS) is 30.6. The molecule has 18 heavy (non-hydrogen) atoms. The second kappa shape index (κ2) is 5.99. The summed E-state index contributed by atoms with van der Waals surface area (Å²) in [4.78, 5) is 11.8. The second-order valence-corrected chi connectivity index (χ2v) is 5.74. The maximum atomic E-state index is 11.8. The Labute approximate surface area is 108 Å². The largest absolute Gasteiger partial charge is 0.396 e. The zero-order valence-corrected chi connectivity index (χ0v) is 11.1. The fourth-order valence-electron chi connectivity index (χ4n) is 2.68. The van der Waals surface area contributed by atoms with Crippen LogP contribution in [0.1, 0.15) is 32.6 Å². The zero-order valence-electron chi connectivity index (χ0n) is 11.1. The average molecular weight is 256 g/mol. The Hall–Kier alpha value is -0.650. The van der Waals surface area contributed by atoms with Gasteiger partial charge in [-0.05, 0) is 19.8 Å². The van der Waals surface area contributed by atoms with E-state index in [4.69, 9.17) is 4.74 Å². The minimum absolute atomic E-state index is 0.0616. The first-order valence-corrected chi connectivity index (χ1v) is 6.88. The molecule has 0 radical (unpaired) electrons. The monoisotopic (exact) mass is 256 g/mol. The molecule has 2 unspecified atom stereocenters. The molecule has 2 aliphatic rings. The van der Waals surface area contributed by atoms with Gasteiger partial charge in [-0.15, -0.1) is 0 Å². The summed E-state index contributed by atoms with van der Waals surface area (Å²) >= 11 is 0. The van der Waals surface area contributed by atoms with Crippen molar-refractivity contribution in [3.8, 4) is 0 Å². The number of amides is 1. The molecule has 2 fully saturated rings. The van der Waals surface area contributed by atoms with E-state index < -0.39 is 0 Å². The standard InChI is InChI=1S/C13H24N2O3/c1-13(8-14-9-13)18-7-12(17)15-11-5-3-2-4-10(11)6-16/h10-11,14,16H,2-9H2,1H3,(H,15,17). The highest BCUT2D eigenvalue weighted by atomic mass is 16.5. The number of carbonyl (C=O) groups excluding carboxylic acids is 1. The molecule has 1 saturated carbocycles. The van der Waals surface area contributed by atoms with Gasteiger partial charge in [0, 0.05) is 31.7 Å². The molecule has 3 N–H and O–H groups in total. The minimum Gasteiger partial charge on any atom is -0.396 e. The lowest BCUT2D eigenvalue weighted by Gasteiger charge is -2.39. The van der Waals surface area contributed by atoms with Gasteiger partial charge in [0.15, 0.2) is 0 Å². The molecule has 0 bridgehead atoms. The van der Waals surface area contributed by atoms with E-state index in [1.165, 1.54) is 0 Å². The van der Waals surface area contributed by atoms with E-state index in [1.807, 2.05) is 6.92 Å². The number of hydrogen-bond donors (Lipinski definition) is 3. The van der Waals surface area contributed by atoms with Gasteiger partial charge in [-0.2, -0.15) is 0 Å². The number of hydrogen-bond acceptors (Lipinski definition) is 4. The van der Waals surface area contributed by atoms with Crippen molar-refractivity contribution >= 4 is 5.91 Å². The Morgan fingerprint density at radius 1 is 1.44 bits per heavy atom. The van der Waals surface area contributed by atoms with E-state index in [0.29, 0.717) is 0 Å². The van der Waals surface area contributed by atoms with Crippen LogP contribution < -0.4 is 10.6 Å². The van der Waals surface area contributed by atoms with Crippen LogP contribution in [0, 0.1) is 5.92 Å². The van der Waals surface area contributed by atoms with Crippen molar-refractivity contribution < 1.29 is 14.6 Å². The molecule has 0 aromatic rings. The predicted molar refractivity (Wildman–Crippen MR) is 68.2 cm³/mol. The molecule has 0 aromatic carbocycles. The van der Waals surface area contributed by atoms with Crippen LogP contribution in [-0.4, -0.2) is 49.0 Å². The smallest absolute Gasteiger partial charge is 0.246 e. The van der Waals surface area contributed by atoms with Crippen molar-refractivity contribution in [2.75, 3.05) is 26.3 Å². The van der Waals surface area contributed by atoms with Gasteiger partial charge in [0.2, 0.25) is 5.91 Å². The molecule has 0 aromatic heterocycles. The summed E-state index contributed by atoms with van der Waals surface area (Å²) in [6.45, 7) is 3.90. The van der Waals surface area contributed by atoms with Crippen molar-refractivity contribution in [2.24, 2.45) is 5.92 Å². The highest BCUT2D eigenvalue weighted by molar-refractivity contribution is 5.77. The maximum Gasteiger partial charge on any atom is 0.246 e. The first-order chi connectivity index (χ1) is 8.63. The lowest BCUT2D eigenvalue weighted by molar-refractivity contribution is -0.137. The third-order valence-electron chi connectivity index (χ3n) is 4.04. The molecule has 1 aliphatic carbocycles. The Balaban J connectivity index is 1.72. The molecule has 1 amide bonds. The number of nitrogens with one attached hydrogen (secondary N) is 2. The minimum atomic E-state index is -0.180. The van der Waals surface area contributed by atoms with Gasteiger partial charge >= 0.3 is 0 Å². The number of rotatable bonds is 5. The molecule has 1 aliphatic heterocycles. The predicted octanol–water partition coefficient (Wildman–Crippen LogP) is 0.0322. The molecule has 104 valence electrons. The first-order valence-electron chi connectivity index (χ1n) is 6.88. The SMILES string of the molecule is CC1(OCC(=O)NC2CCCCC2CO)CNC1. The van der Waals surface area contributed by atoms with E-state index in [0.717, 1.165) is 38.8 Å². The van der Waals surface area contributed by atoms with E-state index in [9.17, 15) is 9.90 Å². The van der Waals surface area contributed by atoms with E-state index >= 15 is 0 Å². The molecule has 5 heteroatoms. The van der Waals surface area contributed by atoms with Crippen LogP contribution in [0.4, 0.5) is 0 Å². The highest BCUT2D eigenvalue weighted by Gasteiger charge is 2.33. The molecule has 2 rings (SSSR count). The fraction of sp³-hybridized carbons (Fsp3) is 0.923. The molecular weight excluding hydrogens is 232 g/mol. The van der Waals surface area contributed by atoms with Crippen molar-refractivity contribution in [3.63, 3.8) is 0 Å². The van der Waals surface area contributed by atoms with Crippen molar-refractivity contribution in [1.82, 2.24) is 10.6 Å². The number of carbonyl (C=O) groups is 1. The van der Waals surface area contributed by atoms with Gasteiger partial charge in [-0.1, -0.05) is 12.8 Å². The van der Waals surface area contributed by atoms with Gasteiger partial charge in [-0.25, -0.2) is 0 Å². The average Bonchev–Trinajstić information content (AvgIpc) is 2.35. The molecule has 1 heterocycles. The molecule has 1 saturated heterocycles. The summed E-state index contributed by atoms with van der Waals surface area (Å²) < 4.78 is 5.60. The first kappa shape index (κ1) is 13.8. The van der Waals surface area contributed by atoms with Crippen LogP contribution in [-0.2, 0) is 9.53 Å².